The normalized spacial score (nSPS) is 17.1. The first-order valence-corrected chi connectivity index (χ1v) is 9.89. The molecular formula is C22H25N5O2. The average Bonchev–Trinajstić information content (AvgIpc) is 3.15. The maximum Gasteiger partial charge on any atom is 0.241 e. The van der Waals surface area contributed by atoms with Crippen LogP contribution in [0.5, 0.6) is 11.5 Å². The Hall–Kier alpha value is -3.19. The molecule has 1 aromatic carbocycles. The molecule has 0 bridgehead atoms. The van der Waals surface area contributed by atoms with Crippen molar-refractivity contribution in [3.05, 3.63) is 66.7 Å². The minimum Gasteiger partial charge on any atom is -0.456 e. The molecule has 7 heteroatoms. The van der Waals surface area contributed by atoms with Gasteiger partial charge < -0.3 is 10.1 Å². The summed E-state index contributed by atoms with van der Waals surface area (Å²) in [7, 11) is 1.91. The van der Waals surface area contributed by atoms with Gasteiger partial charge in [-0.1, -0.05) is 6.42 Å². The number of carbonyl (C=O) groups excluding carboxylic acids is 1. The lowest BCUT2D eigenvalue weighted by atomic mass is 10.0. The first-order valence-electron chi connectivity index (χ1n) is 9.89. The molecular weight excluding hydrogens is 366 g/mol. The minimum absolute atomic E-state index is 0.0292. The number of hydrogen-bond donors (Lipinski definition) is 1. The number of likely N-dealkylation sites (tertiary alicyclic amines) is 1. The fourth-order valence-electron chi connectivity index (χ4n) is 3.61. The number of rotatable bonds is 6. The first kappa shape index (κ1) is 19.1. The predicted molar refractivity (Wildman–Crippen MR) is 111 cm³/mol. The zero-order valence-corrected chi connectivity index (χ0v) is 16.5. The SMILES string of the molecule is Cn1ccc(CN2CCCC[C@@H]2C(=O)Nc2ccc(Oc3cccnc3)cc2)n1. The molecule has 1 fully saturated rings. The monoisotopic (exact) mass is 391 g/mol. The van der Waals surface area contributed by atoms with Gasteiger partial charge in [-0.3, -0.25) is 19.4 Å². The third-order valence-corrected chi connectivity index (χ3v) is 5.04. The maximum absolute atomic E-state index is 12.9. The number of hydrogen-bond acceptors (Lipinski definition) is 5. The summed E-state index contributed by atoms with van der Waals surface area (Å²) >= 11 is 0. The van der Waals surface area contributed by atoms with Crippen LogP contribution in [-0.2, 0) is 18.4 Å². The summed E-state index contributed by atoms with van der Waals surface area (Å²) in [6.07, 6.45) is 8.33. The molecule has 1 N–H and O–H groups in total. The Morgan fingerprint density at radius 1 is 1.17 bits per heavy atom. The van der Waals surface area contributed by atoms with Gasteiger partial charge in [0.2, 0.25) is 5.91 Å². The molecule has 150 valence electrons. The lowest BCUT2D eigenvalue weighted by Gasteiger charge is -2.34. The lowest BCUT2D eigenvalue weighted by Crippen LogP contribution is -2.46. The van der Waals surface area contributed by atoms with E-state index >= 15 is 0 Å². The summed E-state index contributed by atoms with van der Waals surface area (Å²) in [6.45, 7) is 1.60. The minimum atomic E-state index is -0.142. The molecule has 0 spiro atoms. The lowest BCUT2D eigenvalue weighted by molar-refractivity contribution is -0.122. The summed E-state index contributed by atoms with van der Waals surface area (Å²) in [5, 5.41) is 7.50. The summed E-state index contributed by atoms with van der Waals surface area (Å²) in [4.78, 5) is 19.2. The number of ether oxygens (including phenoxy) is 1. The number of nitrogens with zero attached hydrogens (tertiary/aromatic N) is 4. The largest absolute Gasteiger partial charge is 0.456 e. The van der Waals surface area contributed by atoms with E-state index in [1.54, 1.807) is 17.1 Å². The Balaban J connectivity index is 1.38. The number of aromatic nitrogens is 3. The highest BCUT2D eigenvalue weighted by Crippen LogP contribution is 2.24. The van der Waals surface area contributed by atoms with Crippen LogP contribution in [0.25, 0.3) is 0 Å². The highest BCUT2D eigenvalue weighted by Gasteiger charge is 2.29. The second-order valence-electron chi connectivity index (χ2n) is 7.27. The van der Waals surface area contributed by atoms with Crippen LogP contribution in [0.15, 0.2) is 61.1 Å². The van der Waals surface area contributed by atoms with E-state index in [9.17, 15) is 4.79 Å². The zero-order chi connectivity index (χ0) is 20.1. The number of nitrogens with one attached hydrogen (secondary N) is 1. The van der Waals surface area contributed by atoms with E-state index in [4.69, 9.17) is 4.74 Å². The van der Waals surface area contributed by atoms with E-state index < -0.39 is 0 Å². The maximum atomic E-state index is 12.9. The van der Waals surface area contributed by atoms with Crippen molar-refractivity contribution in [2.75, 3.05) is 11.9 Å². The third kappa shape index (κ3) is 5.00. The molecule has 29 heavy (non-hydrogen) atoms. The van der Waals surface area contributed by atoms with Crippen molar-refractivity contribution >= 4 is 11.6 Å². The highest BCUT2D eigenvalue weighted by atomic mass is 16.5. The van der Waals surface area contributed by atoms with Crippen molar-refractivity contribution in [3.63, 3.8) is 0 Å². The van der Waals surface area contributed by atoms with Crippen molar-refractivity contribution in [1.29, 1.82) is 0 Å². The zero-order valence-electron chi connectivity index (χ0n) is 16.5. The molecule has 1 amide bonds. The highest BCUT2D eigenvalue weighted by molar-refractivity contribution is 5.94. The molecule has 1 atom stereocenters. The van der Waals surface area contributed by atoms with Crippen molar-refractivity contribution < 1.29 is 9.53 Å². The average molecular weight is 391 g/mol. The van der Waals surface area contributed by atoms with Crippen LogP contribution in [0.1, 0.15) is 25.0 Å². The standard InChI is InChI=1S/C22H25N5O2/c1-26-14-11-18(25-26)16-27-13-3-2-6-21(27)22(28)24-17-7-9-19(10-8-17)29-20-5-4-12-23-15-20/h4-5,7-12,14-15,21H,2-3,6,13,16H2,1H3,(H,24,28)/t21-/m1/s1. The molecule has 0 unspecified atom stereocenters. The number of benzene rings is 1. The number of amides is 1. The van der Waals surface area contributed by atoms with Gasteiger partial charge in [-0.05, 0) is 61.9 Å². The Morgan fingerprint density at radius 2 is 2.03 bits per heavy atom. The van der Waals surface area contributed by atoms with Crippen LogP contribution >= 0.6 is 0 Å². The van der Waals surface area contributed by atoms with Crippen molar-refractivity contribution in [1.82, 2.24) is 19.7 Å². The van der Waals surface area contributed by atoms with Gasteiger partial charge in [0, 0.05) is 31.7 Å². The van der Waals surface area contributed by atoms with Gasteiger partial charge in [0.1, 0.15) is 11.5 Å². The van der Waals surface area contributed by atoms with Crippen LogP contribution < -0.4 is 10.1 Å². The van der Waals surface area contributed by atoms with Gasteiger partial charge in [-0.25, -0.2) is 0 Å². The summed E-state index contributed by atoms with van der Waals surface area (Å²) in [6, 6.07) is 12.9. The van der Waals surface area contributed by atoms with Crippen LogP contribution in [0.4, 0.5) is 5.69 Å². The quantitative estimate of drug-likeness (QED) is 0.695. The molecule has 0 saturated carbocycles. The Morgan fingerprint density at radius 3 is 2.76 bits per heavy atom. The second-order valence-corrected chi connectivity index (χ2v) is 7.27. The number of pyridine rings is 1. The summed E-state index contributed by atoms with van der Waals surface area (Å²) < 4.78 is 7.54. The van der Waals surface area contributed by atoms with Gasteiger partial charge in [-0.15, -0.1) is 0 Å². The second kappa shape index (κ2) is 8.87. The van der Waals surface area contributed by atoms with Gasteiger partial charge in [-0.2, -0.15) is 5.10 Å². The van der Waals surface area contributed by atoms with E-state index in [2.05, 4.69) is 20.3 Å². The molecule has 0 radical (unpaired) electrons. The molecule has 4 rings (SSSR count). The summed E-state index contributed by atoms with van der Waals surface area (Å²) in [5.41, 5.74) is 1.75. The van der Waals surface area contributed by atoms with Gasteiger partial charge in [0.25, 0.3) is 0 Å². The number of anilines is 1. The molecule has 7 nitrogen and oxygen atoms in total. The van der Waals surface area contributed by atoms with E-state index in [0.29, 0.717) is 18.0 Å². The van der Waals surface area contributed by atoms with E-state index in [0.717, 1.165) is 37.2 Å². The predicted octanol–water partition coefficient (Wildman–Crippen LogP) is 3.60. The Bertz CT molecular complexity index is 939. The number of piperidine rings is 1. The van der Waals surface area contributed by atoms with Crippen LogP contribution in [0.2, 0.25) is 0 Å². The van der Waals surface area contributed by atoms with E-state index in [1.165, 1.54) is 0 Å². The topological polar surface area (TPSA) is 72.3 Å². The number of carbonyl (C=O) groups is 1. The van der Waals surface area contributed by atoms with Crippen LogP contribution in [-0.4, -0.2) is 38.2 Å². The van der Waals surface area contributed by atoms with Crippen LogP contribution in [0, 0.1) is 0 Å². The Kier molecular flexibility index (Phi) is 5.86. The summed E-state index contributed by atoms with van der Waals surface area (Å²) in [5.74, 6) is 1.41. The number of aryl methyl sites for hydroxylation is 1. The smallest absolute Gasteiger partial charge is 0.241 e. The van der Waals surface area contributed by atoms with Crippen molar-refractivity contribution in [2.45, 2.75) is 31.8 Å². The van der Waals surface area contributed by atoms with E-state index in [-0.39, 0.29) is 11.9 Å². The molecule has 3 aromatic rings. The third-order valence-electron chi connectivity index (χ3n) is 5.04. The van der Waals surface area contributed by atoms with Crippen molar-refractivity contribution in [3.8, 4) is 11.5 Å². The fraction of sp³-hybridized carbons (Fsp3) is 0.318. The van der Waals surface area contributed by atoms with E-state index in [1.807, 2.05) is 55.7 Å². The molecule has 1 saturated heterocycles. The molecule has 2 aromatic heterocycles. The van der Waals surface area contributed by atoms with Gasteiger partial charge in [0.15, 0.2) is 0 Å². The molecule has 3 heterocycles. The molecule has 1 aliphatic heterocycles. The molecule has 1 aliphatic rings. The van der Waals surface area contributed by atoms with Crippen LogP contribution in [0.3, 0.4) is 0 Å². The fourth-order valence-corrected chi connectivity index (χ4v) is 3.61. The van der Waals surface area contributed by atoms with Crippen molar-refractivity contribution in [2.24, 2.45) is 7.05 Å². The van der Waals surface area contributed by atoms with Gasteiger partial charge in [0.05, 0.1) is 17.9 Å². The van der Waals surface area contributed by atoms with Gasteiger partial charge >= 0.3 is 0 Å². The molecule has 0 aliphatic carbocycles. The first-order chi connectivity index (χ1) is 14.2. The Labute approximate surface area is 170 Å².